The third-order valence-electron chi connectivity index (χ3n) is 8.44. The van der Waals surface area contributed by atoms with Crippen molar-refractivity contribution in [2.45, 2.75) is 4.90 Å². The van der Waals surface area contributed by atoms with Gasteiger partial charge in [0.1, 0.15) is 0 Å². The number of rotatable bonds is 7. The van der Waals surface area contributed by atoms with E-state index in [0.29, 0.717) is 16.8 Å². The number of benzene rings is 5. The first-order valence-corrected chi connectivity index (χ1v) is 16.8. The molecule has 6 aromatic rings. The van der Waals surface area contributed by atoms with Gasteiger partial charge in [0.15, 0.2) is 23.1 Å². The van der Waals surface area contributed by atoms with Gasteiger partial charge in [-0.3, -0.25) is 23.7 Å². The summed E-state index contributed by atoms with van der Waals surface area (Å²) in [5.41, 5.74) is 2.61. The number of anilines is 6. The highest BCUT2D eigenvalue weighted by Crippen LogP contribution is 2.35. The van der Waals surface area contributed by atoms with Gasteiger partial charge in [0.05, 0.1) is 27.4 Å². The second-order valence-corrected chi connectivity index (χ2v) is 13.0. The van der Waals surface area contributed by atoms with Crippen molar-refractivity contribution < 1.29 is 32.1 Å². The summed E-state index contributed by atoms with van der Waals surface area (Å²) >= 11 is 0. The molecule has 14 heteroatoms. The maximum Gasteiger partial charge on any atom is 0.294 e. The van der Waals surface area contributed by atoms with Crippen LogP contribution < -0.4 is 16.0 Å². The van der Waals surface area contributed by atoms with Crippen LogP contribution in [-0.4, -0.2) is 51.1 Å². The van der Waals surface area contributed by atoms with E-state index in [1.54, 1.807) is 84.9 Å². The van der Waals surface area contributed by atoms with Gasteiger partial charge in [0.25, 0.3) is 10.1 Å². The standard InChI is InChI=1S/C37H22N6O7S/c44-31-21-7-1-3-9-23(21)33(46)29-25(31)11-5-13-27(29)39-36-41-35(38-19-15-17-20(18-16-19)51(48,49)50)42-37(43-36)40-28-14-6-12-26-30(28)34(47)24-10-4-2-8-22(24)32(26)45/h1-18H,(H,48,49,50)(H3,38,39,40,41,42,43). The molecule has 0 bridgehead atoms. The molecular formula is C37H22N6O7S. The zero-order chi connectivity index (χ0) is 35.4. The zero-order valence-corrected chi connectivity index (χ0v) is 26.9. The minimum atomic E-state index is -4.44. The summed E-state index contributed by atoms with van der Waals surface area (Å²) in [6.45, 7) is 0. The summed E-state index contributed by atoms with van der Waals surface area (Å²) in [5.74, 6) is -1.56. The fraction of sp³-hybridized carbons (Fsp3) is 0. The molecule has 13 nitrogen and oxygen atoms in total. The van der Waals surface area contributed by atoms with Gasteiger partial charge in [-0.05, 0) is 36.4 Å². The van der Waals surface area contributed by atoms with Crippen LogP contribution in [0.2, 0.25) is 0 Å². The van der Waals surface area contributed by atoms with Crippen molar-refractivity contribution in [3.05, 3.63) is 154 Å². The number of aromatic nitrogens is 3. The van der Waals surface area contributed by atoms with Crippen LogP contribution in [0.1, 0.15) is 63.7 Å². The van der Waals surface area contributed by atoms with Crippen LogP contribution in [0.15, 0.2) is 114 Å². The van der Waals surface area contributed by atoms with E-state index in [9.17, 15) is 32.1 Å². The highest BCUT2D eigenvalue weighted by molar-refractivity contribution is 7.85. The van der Waals surface area contributed by atoms with Crippen molar-refractivity contribution >= 4 is 68.2 Å². The van der Waals surface area contributed by atoms with Crippen molar-refractivity contribution in [3.8, 4) is 0 Å². The smallest absolute Gasteiger partial charge is 0.294 e. The number of ketones is 4. The third kappa shape index (κ3) is 5.50. The molecule has 2 aliphatic rings. The van der Waals surface area contributed by atoms with Crippen LogP contribution in [0.25, 0.3) is 0 Å². The normalized spacial score (nSPS) is 13.1. The van der Waals surface area contributed by atoms with Crippen LogP contribution in [0.3, 0.4) is 0 Å². The predicted molar refractivity (Wildman–Crippen MR) is 185 cm³/mol. The second kappa shape index (κ2) is 11.9. The van der Waals surface area contributed by atoms with E-state index in [2.05, 4.69) is 30.9 Å². The van der Waals surface area contributed by atoms with Crippen LogP contribution in [-0.2, 0) is 10.1 Å². The molecule has 51 heavy (non-hydrogen) atoms. The van der Waals surface area contributed by atoms with Gasteiger partial charge in [0, 0.05) is 39.1 Å². The highest BCUT2D eigenvalue weighted by Gasteiger charge is 2.33. The SMILES string of the molecule is O=C1c2ccccc2C(=O)c2c(Nc3nc(Nc4ccc(S(=O)(=O)O)cc4)nc(Nc4cccc5c4C(=O)c4ccccc4C5=O)n3)cccc21. The molecule has 1 aromatic heterocycles. The number of carbonyl (C=O) groups is 4. The van der Waals surface area contributed by atoms with Gasteiger partial charge in [-0.1, -0.05) is 72.8 Å². The topological polar surface area (TPSA) is 197 Å². The van der Waals surface area contributed by atoms with E-state index >= 15 is 0 Å². The maximum absolute atomic E-state index is 13.7. The molecule has 0 spiro atoms. The summed E-state index contributed by atoms with van der Waals surface area (Å²) in [5, 5.41) is 9.03. The molecule has 0 amide bonds. The molecule has 2 aliphatic carbocycles. The first-order chi connectivity index (χ1) is 24.6. The Labute approximate surface area is 289 Å². The number of nitrogens with one attached hydrogen (secondary N) is 3. The lowest BCUT2D eigenvalue weighted by molar-refractivity contribution is 0.0979. The van der Waals surface area contributed by atoms with Crippen molar-refractivity contribution in [2.75, 3.05) is 16.0 Å². The molecule has 0 unspecified atom stereocenters. The van der Waals surface area contributed by atoms with Gasteiger partial charge in [0.2, 0.25) is 17.8 Å². The largest absolute Gasteiger partial charge is 0.324 e. The lowest BCUT2D eigenvalue weighted by Gasteiger charge is -2.21. The molecule has 4 N–H and O–H groups in total. The summed E-state index contributed by atoms with van der Waals surface area (Å²) in [6, 6.07) is 27.8. The van der Waals surface area contributed by atoms with Gasteiger partial charge in [-0.15, -0.1) is 0 Å². The minimum Gasteiger partial charge on any atom is -0.324 e. The van der Waals surface area contributed by atoms with Crippen molar-refractivity contribution in [2.24, 2.45) is 0 Å². The fourth-order valence-corrected chi connectivity index (χ4v) is 6.60. The average molecular weight is 695 g/mol. The molecule has 0 fully saturated rings. The Morgan fingerprint density at radius 1 is 0.431 bits per heavy atom. The molecule has 5 aromatic carbocycles. The predicted octanol–water partition coefficient (Wildman–Crippen LogP) is 5.90. The molecule has 1 heterocycles. The Bertz CT molecular complexity index is 2480. The lowest BCUT2D eigenvalue weighted by atomic mass is 9.83. The average Bonchev–Trinajstić information content (AvgIpc) is 3.12. The molecule has 0 saturated carbocycles. The van der Waals surface area contributed by atoms with E-state index in [0.717, 1.165) is 0 Å². The van der Waals surface area contributed by atoms with Gasteiger partial charge in [-0.2, -0.15) is 23.4 Å². The highest BCUT2D eigenvalue weighted by atomic mass is 32.2. The summed E-state index contributed by atoms with van der Waals surface area (Å²) in [6.07, 6.45) is 0. The fourth-order valence-electron chi connectivity index (χ4n) is 6.12. The van der Waals surface area contributed by atoms with E-state index in [4.69, 9.17) is 0 Å². The lowest BCUT2D eigenvalue weighted by Crippen LogP contribution is -2.22. The minimum absolute atomic E-state index is 0.0512. The Hall–Kier alpha value is -6.90. The molecule has 0 saturated heterocycles. The quantitative estimate of drug-likeness (QED) is 0.144. The van der Waals surface area contributed by atoms with Crippen molar-refractivity contribution in [3.63, 3.8) is 0 Å². The first kappa shape index (κ1) is 31.4. The monoisotopic (exact) mass is 694 g/mol. The van der Waals surface area contributed by atoms with Gasteiger partial charge < -0.3 is 16.0 Å². The van der Waals surface area contributed by atoms with Crippen LogP contribution in [0, 0.1) is 0 Å². The number of fused-ring (bicyclic) bond motifs is 4. The summed E-state index contributed by atoms with van der Waals surface area (Å²) < 4.78 is 32.5. The Balaban J connectivity index is 1.20. The van der Waals surface area contributed by atoms with E-state index < -0.39 is 10.1 Å². The van der Waals surface area contributed by atoms with E-state index in [-0.39, 0.29) is 90.6 Å². The maximum atomic E-state index is 13.7. The van der Waals surface area contributed by atoms with Gasteiger partial charge >= 0.3 is 0 Å². The van der Waals surface area contributed by atoms with E-state index in [1.165, 1.54) is 24.3 Å². The summed E-state index contributed by atoms with van der Waals surface area (Å²) in [4.78, 5) is 67.1. The van der Waals surface area contributed by atoms with Crippen LogP contribution in [0.5, 0.6) is 0 Å². The van der Waals surface area contributed by atoms with Crippen LogP contribution >= 0.6 is 0 Å². The van der Waals surface area contributed by atoms with Crippen molar-refractivity contribution in [1.29, 1.82) is 0 Å². The second-order valence-electron chi connectivity index (χ2n) is 11.5. The molecular weight excluding hydrogens is 673 g/mol. The molecule has 248 valence electrons. The number of hydrogen-bond acceptors (Lipinski definition) is 12. The molecule has 0 atom stereocenters. The Morgan fingerprint density at radius 2 is 0.804 bits per heavy atom. The van der Waals surface area contributed by atoms with E-state index in [1.807, 2.05) is 0 Å². The Morgan fingerprint density at radius 3 is 1.22 bits per heavy atom. The Kier molecular flexibility index (Phi) is 7.32. The molecule has 8 rings (SSSR count). The van der Waals surface area contributed by atoms with Gasteiger partial charge in [-0.25, -0.2) is 0 Å². The number of nitrogens with zero attached hydrogens (tertiary/aromatic N) is 3. The summed E-state index contributed by atoms with van der Waals surface area (Å²) in [7, 11) is -4.44. The molecule has 0 radical (unpaired) electrons. The van der Waals surface area contributed by atoms with Crippen LogP contribution in [0.4, 0.5) is 34.9 Å². The number of hydrogen-bond donors (Lipinski definition) is 4. The third-order valence-corrected chi connectivity index (χ3v) is 9.31. The molecule has 0 aliphatic heterocycles. The number of carbonyl (C=O) groups excluding carboxylic acids is 4. The zero-order valence-electron chi connectivity index (χ0n) is 26.0. The first-order valence-electron chi connectivity index (χ1n) is 15.3. The van der Waals surface area contributed by atoms with Crippen molar-refractivity contribution in [1.82, 2.24) is 15.0 Å².